The average molecular weight is 282 g/mol. The minimum absolute atomic E-state index is 0.0439. The van der Waals surface area contributed by atoms with Gasteiger partial charge in [0.2, 0.25) is 0 Å². The number of hydrogen-bond donors (Lipinski definition) is 2. The van der Waals surface area contributed by atoms with E-state index in [9.17, 15) is 9.59 Å². The lowest BCUT2D eigenvalue weighted by Gasteiger charge is -2.05. The van der Waals surface area contributed by atoms with Crippen LogP contribution in [-0.4, -0.2) is 10.3 Å². The van der Waals surface area contributed by atoms with E-state index in [1.807, 2.05) is 6.07 Å². The molecule has 0 unspecified atom stereocenters. The first-order valence-corrected chi connectivity index (χ1v) is 5.82. The van der Waals surface area contributed by atoms with Crippen LogP contribution in [0, 0.1) is 11.3 Å². The molecular weight excluding hydrogens is 274 g/mol. The number of carbonyl (C=O) groups is 1. The van der Waals surface area contributed by atoms with Crippen LogP contribution in [0.15, 0.2) is 41.4 Å². The fraction of sp³-hybridized carbons (Fsp3) is 0. The van der Waals surface area contributed by atoms with Gasteiger partial charge in [0, 0.05) is 0 Å². The predicted molar refractivity (Wildman–Crippen MR) is 70.4 cm³/mol. The maximum absolute atomic E-state index is 11.8. The van der Waals surface area contributed by atoms with Gasteiger partial charge < -0.3 is 5.32 Å². The van der Waals surface area contributed by atoms with Crippen LogP contribution in [0.1, 0.15) is 9.67 Å². The van der Waals surface area contributed by atoms with Crippen LogP contribution < -0.4 is 10.9 Å². The Morgan fingerprint density at radius 1 is 1.50 bits per heavy atom. The lowest BCUT2D eigenvalue weighted by Crippen LogP contribution is -2.22. The fourth-order valence-corrected chi connectivity index (χ4v) is 1.99. The van der Waals surface area contributed by atoms with E-state index in [1.165, 1.54) is 12.2 Å². The first-order valence-electron chi connectivity index (χ1n) is 4.62. The number of halogens is 1. The van der Waals surface area contributed by atoms with Gasteiger partial charge in [-0.05, 0) is 12.2 Å². The first-order chi connectivity index (χ1) is 8.54. The van der Waals surface area contributed by atoms with Crippen molar-refractivity contribution in [2.24, 2.45) is 0 Å². The van der Waals surface area contributed by atoms with Crippen molar-refractivity contribution in [3.05, 3.63) is 56.8 Å². The van der Waals surface area contributed by atoms with Gasteiger partial charge in [-0.15, -0.1) is 0 Å². The molecule has 1 aromatic rings. The molecule has 0 aliphatic carbocycles. The lowest BCUT2D eigenvalue weighted by molar-refractivity contribution is 0.0971. The van der Waals surface area contributed by atoms with E-state index < -0.39 is 11.5 Å². The number of aromatic nitrogens is 1. The molecule has 0 fully saturated rings. The van der Waals surface area contributed by atoms with Crippen molar-refractivity contribution in [1.29, 1.82) is 5.26 Å². The van der Waals surface area contributed by atoms with Crippen molar-refractivity contribution in [2.75, 3.05) is 0 Å². The predicted octanol–water partition coefficient (Wildman–Crippen LogP) is 1.97. The van der Waals surface area contributed by atoms with Gasteiger partial charge in [0.1, 0.15) is 16.0 Å². The lowest BCUT2D eigenvalue weighted by atomic mass is 10.2. The molecule has 1 heterocycles. The van der Waals surface area contributed by atoms with Crippen LogP contribution in [0.5, 0.6) is 0 Å². The Balaban J connectivity index is 3.09. The van der Waals surface area contributed by atoms with Crippen LogP contribution in [0.2, 0.25) is 5.02 Å². The number of amides is 1. The molecule has 0 aliphatic rings. The zero-order valence-corrected chi connectivity index (χ0v) is 10.7. The van der Waals surface area contributed by atoms with Crippen LogP contribution in [-0.2, 0) is 0 Å². The molecule has 0 bridgehead atoms. The largest absolute Gasteiger partial charge is 0.320 e. The van der Waals surface area contributed by atoms with Gasteiger partial charge in [-0.3, -0.25) is 14.0 Å². The summed E-state index contributed by atoms with van der Waals surface area (Å²) in [5.74, 6) is -0.590. The summed E-state index contributed by atoms with van der Waals surface area (Å²) in [6.45, 7) is 6.92. The van der Waals surface area contributed by atoms with Gasteiger partial charge in [0.15, 0.2) is 0 Å². The highest BCUT2D eigenvalue weighted by molar-refractivity contribution is 7.08. The van der Waals surface area contributed by atoms with Crippen molar-refractivity contribution < 1.29 is 4.79 Å². The number of nitriles is 1. The topological polar surface area (TPSA) is 85.8 Å². The number of carbonyl (C=O) groups excluding carboxylic acids is 1. The van der Waals surface area contributed by atoms with Crippen molar-refractivity contribution in [1.82, 2.24) is 9.69 Å². The Morgan fingerprint density at radius 3 is 2.56 bits per heavy atom. The van der Waals surface area contributed by atoms with Crippen molar-refractivity contribution in [3.63, 3.8) is 0 Å². The highest BCUT2D eigenvalue weighted by Gasteiger charge is 2.17. The third kappa shape index (κ3) is 2.77. The second kappa shape index (κ2) is 6.00. The third-order valence-electron chi connectivity index (χ3n) is 1.92. The molecule has 1 rings (SSSR count). The second-order valence-electron chi connectivity index (χ2n) is 2.98. The summed E-state index contributed by atoms with van der Waals surface area (Å²) in [7, 11) is 0. The summed E-state index contributed by atoms with van der Waals surface area (Å²) in [5.41, 5.74) is -0.160. The quantitative estimate of drug-likeness (QED) is 0.653. The summed E-state index contributed by atoms with van der Waals surface area (Å²) in [5, 5.41) is 11.1. The number of aromatic amines is 1. The van der Waals surface area contributed by atoms with E-state index in [4.69, 9.17) is 16.9 Å². The van der Waals surface area contributed by atoms with Gasteiger partial charge in [-0.2, -0.15) is 5.26 Å². The number of rotatable bonds is 4. The standard InChI is InChI=1S/C11H8ClN3O2S/c1-3-6(5-13)7(4-2)14-11(17)9-8(12)10(16)15-18-9/h3-4H,1-2H2,(H,14,17)(H,15,16)/b7-6-. The molecule has 0 aromatic carbocycles. The van der Waals surface area contributed by atoms with Crippen LogP contribution >= 0.6 is 23.1 Å². The molecule has 1 amide bonds. The highest BCUT2D eigenvalue weighted by atomic mass is 35.5. The molecule has 0 atom stereocenters. The van der Waals surface area contributed by atoms with E-state index in [0.717, 1.165) is 11.5 Å². The van der Waals surface area contributed by atoms with E-state index in [0.29, 0.717) is 0 Å². The molecule has 5 nitrogen and oxygen atoms in total. The molecule has 92 valence electrons. The molecule has 0 saturated heterocycles. The minimum Gasteiger partial charge on any atom is -0.320 e. The number of H-pyrrole nitrogens is 1. The molecule has 2 N–H and O–H groups in total. The third-order valence-corrected chi connectivity index (χ3v) is 3.27. The summed E-state index contributed by atoms with van der Waals surface area (Å²) >= 11 is 6.47. The maximum Gasteiger partial charge on any atom is 0.277 e. The molecule has 0 spiro atoms. The summed E-state index contributed by atoms with van der Waals surface area (Å²) in [6.07, 6.45) is 2.60. The molecule has 18 heavy (non-hydrogen) atoms. The Bertz CT molecular complexity index is 633. The molecule has 1 aromatic heterocycles. The van der Waals surface area contributed by atoms with Crippen molar-refractivity contribution >= 4 is 29.0 Å². The van der Waals surface area contributed by atoms with E-state index >= 15 is 0 Å². The number of nitrogens with one attached hydrogen (secondary N) is 2. The first kappa shape index (κ1) is 14.0. The summed E-state index contributed by atoms with van der Waals surface area (Å²) in [4.78, 5) is 22.9. The Morgan fingerprint density at radius 2 is 2.17 bits per heavy atom. The molecule has 0 aliphatic heterocycles. The van der Waals surface area contributed by atoms with E-state index in [2.05, 4.69) is 22.8 Å². The zero-order valence-electron chi connectivity index (χ0n) is 9.12. The second-order valence-corrected chi connectivity index (χ2v) is 4.17. The molecule has 7 heteroatoms. The summed E-state index contributed by atoms with van der Waals surface area (Å²) < 4.78 is 2.33. The van der Waals surface area contributed by atoms with Gasteiger partial charge in [-0.25, -0.2) is 0 Å². The van der Waals surface area contributed by atoms with Crippen molar-refractivity contribution in [2.45, 2.75) is 0 Å². The Labute approximate surface area is 112 Å². The maximum atomic E-state index is 11.8. The van der Waals surface area contributed by atoms with Gasteiger partial charge >= 0.3 is 0 Å². The normalized spacial score (nSPS) is 11.1. The SMILES string of the molecule is C=C/C(C#N)=C(\C=C)NC(=O)c1s[nH]c(=O)c1Cl. The number of nitrogens with zero attached hydrogens (tertiary/aromatic N) is 1. The highest BCUT2D eigenvalue weighted by Crippen LogP contribution is 2.15. The zero-order chi connectivity index (χ0) is 13.7. The molecule has 0 radical (unpaired) electrons. The smallest absolute Gasteiger partial charge is 0.277 e. The average Bonchev–Trinajstić information content (AvgIpc) is 2.70. The minimum atomic E-state index is -0.590. The van der Waals surface area contributed by atoms with Gasteiger partial charge in [0.25, 0.3) is 11.5 Å². The fourth-order valence-electron chi connectivity index (χ4n) is 1.06. The van der Waals surface area contributed by atoms with E-state index in [-0.39, 0.29) is 21.2 Å². The Kier molecular flexibility index (Phi) is 4.66. The number of hydrogen-bond acceptors (Lipinski definition) is 4. The molecule has 0 saturated carbocycles. The van der Waals surface area contributed by atoms with Crippen molar-refractivity contribution in [3.8, 4) is 6.07 Å². The molecular formula is C11H8ClN3O2S. The van der Waals surface area contributed by atoms with Crippen LogP contribution in [0.4, 0.5) is 0 Å². The van der Waals surface area contributed by atoms with Crippen LogP contribution in [0.3, 0.4) is 0 Å². The monoisotopic (exact) mass is 281 g/mol. The van der Waals surface area contributed by atoms with Gasteiger partial charge in [-0.1, -0.05) is 36.3 Å². The van der Waals surface area contributed by atoms with Gasteiger partial charge in [0.05, 0.1) is 11.3 Å². The number of allylic oxidation sites excluding steroid dienone is 3. The summed E-state index contributed by atoms with van der Waals surface area (Å²) in [6, 6.07) is 1.86. The Hall–Kier alpha value is -2.10. The van der Waals surface area contributed by atoms with Crippen LogP contribution in [0.25, 0.3) is 0 Å². The van der Waals surface area contributed by atoms with E-state index in [1.54, 1.807) is 0 Å².